The first-order valence-electron chi connectivity index (χ1n) is 13.3. The molecule has 3 nitrogen and oxygen atoms in total. The molecule has 4 aromatic rings. The van der Waals surface area contributed by atoms with E-state index >= 15 is 0 Å². The number of thiazole rings is 1. The van der Waals surface area contributed by atoms with Gasteiger partial charge in [0.2, 0.25) is 11.4 Å². The van der Waals surface area contributed by atoms with Crippen molar-refractivity contribution in [2.75, 3.05) is 4.90 Å². The predicted octanol–water partition coefficient (Wildman–Crippen LogP) is 5.58. The van der Waals surface area contributed by atoms with E-state index in [1.165, 1.54) is 37.5 Å². The quantitative estimate of drug-likeness (QED) is 0.199. The molecule has 0 atom stereocenters. The Bertz CT molecular complexity index is 1550. The minimum Gasteiger partial charge on any atom is -1.00 e. The molecule has 1 heterocycles. The second-order valence-corrected chi connectivity index (χ2v) is 11.8. The molecule has 0 bridgehead atoms. The fourth-order valence-corrected chi connectivity index (χ4v) is 6.53. The van der Waals surface area contributed by atoms with Crippen LogP contribution >= 0.6 is 11.3 Å². The first kappa shape index (κ1) is 29.0. The number of carbonyl (C=O) groups is 1. The van der Waals surface area contributed by atoms with E-state index < -0.39 is 0 Å². The van der Waals surface area contributed by atoms with Crippen molar-refractivity contribution in [3.8, 4) is 11.1 Å². The third kappa shape index (κ3) is 6.76. The summed E-state index contributed by atoms with van der Waals surface area (Å²) < 4.78 is 3.73. The third-order valence-electron chi connectivity index (χ3n) is 7.01. The highest BCUT2D eigenvalue weighted by Gasteiger charge is 2.26. The van der Waals surface area contributed by atoms with Gasteiger partial charge in [-0.2, -0.15) is 4.57 Å². The Labute approximate surface area is 253 Å². The molecule has 0 saturated carbocycles. The van der Waals surface area contributed by atoms with Gasteiger partial charge in [0.15, 0.2) is 0 Å². The average Bonchev–Trinajstić information content (AvgIpc) is 3.24. The van der Waals surface area contributed by atoms with Gasteiger partial charge in [-0.15, -0.1) is 0 Å². The van der Waals surface area contributed by atoms with Gasteiger partial charge < -0.3 is 24.0 Å². The van der Waals surface area contributed by atoms with E-state index in [0.29, 0.717) is 0 Å². The van der Waals surface area contributed by atoms with Gasteiger partial charge in [-0.1, -0.05) is 85.9 Å². The largest absolute Gasteiger partial charge is 1.00 e. The molecule has 5 rings (SSSR count). The first-order valence-corrected chi connectivity index (χ1v) is 14.1. The second-order valence-electron chi connectivity index (χ2n) is 10.7. The van der Waals surface area contributed by atoms with E-state index in [9.17, 15) is 4.79 Å². The Morgan fingerprint density at radius 1 is 0.974 bits per heavy atom. The third-order valence-corrected chi connectivity index (χ3v) is 8.12. The number of halogens is 1. The van der Waals surface area contributed by atoms with Crippen LogP contribution in [0, 0.1) is 5.41 Å². The number of anilines is 1. The van der Waals surface area contributed by atoms with Gasteiger partial charge in [-0.25, -0.2) is 0 Å². The molecule has 39 heavy (non-hydrogen) atoms. The maximum atomic E-state index is 12.4. The SMILES string of the molecule is CC[n+]1c(C=C2C=C(C=CN(C(C)=O)c3ccccc3)CC(C)(C)C2)sc2ccc(-c3ccccc3)cc21.[I-]. The van der Waals surface area contributed by atoms with Crippen molar-refractivity contribution in [3.05, 3.63) is 113 Å². The maximum Gasteiger partial charge on any atom is 0.263 e. The molecule has 5 heteroatoms. The first-order chi connectivity index (χ1) is 18.3. The lowest BCUT2D eigenvalue weighted by atomic mass is 9.75. The van der Waals surface area contributed by atoms with Crippen LogP contribution in [-0.4, -0.2) is 5.91 Å². The lowest BCUT2D eigenvalue weighted by Crippen LogP contribution is -3.00. The van der Waals surface area contributed by atoms with Gasteiger partial charge in [0.25, 0.3) is 5.01 Å². The molecule has 0 N–H and O–H groups in total. The van der Waals surface area contributed by atoms with Crippen LogP contribution in [0.5, 0.6) is 0 Å². The Kier molecular flexibility index (Phi) is 9.23. The molecule has 200 valence electrons. The normalized spacial score (nSPS) is 15.8. The molecule has 0 spiro atoms. The number of carbonyl (C=O) groups excluding carboxylic acids is 1. The molecule has 0 unspecified atom stereocenters. The summed E-state index contributed by atoms with van der Waals surface area (Å²) in [6.07, 6.45) is 10.7. The number of hydrogen-bond acceptors (Lipinski definition) is 2. The zero-order valence-electron chi connectivity index (χ0n) is 23.0. The van der Waals surface area contributed by atoms with Gasteiger partial charge in [0.05, 0.1) is 0 Å². The van der Waals surface area contributed by atoms with Crippen LogP contribution in [0.25, 0.3) is 27.4 Å². The highest BCUT2D eigenvalue weighted by molar-refractivity contribution is 7.18. The number of aromatic nitrogens is 1. The van der Waals surface area contributed by atoms with Crippen LogP contribution < -0.4 is 33.4 Å². The summed E-state index contributed by atoms with van der Waals surface area (Å²) in [5, 5.41) is 1.27. The van der Waals surface area contributed by atoms with Gasteiger partial charge in [-0.05, 0) is 71.7 Å². The number of nitrogens with zero attached hydrogens (tertiary/aromatic N) is 2. The number of allylic oxidation sites excluding steroid dienone is 4. The molecule has 1 aliphatic carbocycles. The summed E-state index contributed by atoms with van der Waals surface area (Å²) in [4.78, 5) is 14.1. The number of aryl methyl sites for hydroxylation is 1. The summed E-state index contributed by atoms with van der Waals surface area (Å²) in [7, 11) is 0. The highest BCUT2D eigenvalue weighted by atomic mass is 127. The topological polar surface area (TPSA) is 24.2 Å². The molecule has 1 amide bonds. The van der Waals surface area contributed by atoms with E-state index in [-0.39, 0.29) is 35.3 Å². The molecular weight excluding hydrogens is 611 g/mol. The average molecular weight is 647 g/mol. The van der Waals surface area contributed by atoms with Crippen LogP contribution in [0.15, 0.2) is 108 Å². The Balaban J connectivity index is 0.00000353. The van der Waals surface area contributed by atoms with Crippen LogP contribution in [0.1, 0.15) is 45.5 Å². The Morgan fingerprint density at radius 3 is 2.33 bits per heavy atom. The van der Waals surface area contributed by atoms with Crippen molar-refractivity contribution < 1.29 is 33.3 Å². The van der Waals surface area contributed by atoms with Crippen LogP contribution in [0.3, 0.4) is 0 Å². The standard InChI is InChI=1S/C34H35N2OS.HI/c1-5-35-31-22-29(28-12-8-6-9-13-28)16-17-32(31)38-33(35)21-27-20-26(23-34(3,4)24-27)18-19-36(25(2)37)30-14-10-7-11-15-30;/h6-22H,5,23-24H2,1-4H3;1H/q+1;/p-1. The number of rotatable bonds is 6. The molecule has 3 aromatic carbocycles. The minimum absolute atomic E-state index is 0. The summed E-state index contributed by atoms with van der Waals surface area (Å²) in [6.45, 7) is 9.40. The summed E-state index contributed by atoms with van der Waals surface area (Å²) in [6, 6.07) is 27.2. The highest BCUT2D eigenvalue weighted by Crippen LogP contribution is 2.39. The number of para-hydroxylation sites is 1. The molecule has 0 fully saturated rings. The maximum absolute atomic E-state index is 12.4. The Hall–Kier alpha value is -3.03. The summed E-state index contributed by atoms with van der Waals surface area (Å²) in [5.41, 5.74) is 7.36. The molecule has 0 aliphatic heterocycles. The van der Waals surface area contributed by atoms with Crippen molar-refractivity contribution in [3.63, 3.8) is 0 Å². The summed E-state index contributed by atoms with van der Waals surface area (Å²) in [5.74, 6) is 0.00280. The van der Waals surface area contributed by atoms with Gasteiger partial charge in [0, 0.05) is 31.0 Å². The fourth-order valence-electron chi connectivity index (χ4n) is 5.34. The smallest absolute Gasteiger partial charge is 0.263 e. The van der Waals surface area contributed by atoms with Crippen molar-refractivity contribution in [2.45, 2.75) is 47.1 Å². The van der Waals surface area contributed by atoms with Gasteiger partial charge in [-0.3, -0.25) is 9.69 Å². The number of hydrogen-bond donors (Lipinski definition) is 0. The number of benzene rings is 3. The molecular formula is C34H35IN2OS. The number of amides is 1. The van der Waals surface area contributed by atoms with Crippen LogP contribution in [-0.2, 0) is 11.3 Å². The molecule has 0 radical (unpaired) electrons. The van der Waals surface area contributed by atoms with E-state index in [4.69, 9.17) is 0 Å². The van der Waals surface area contributed by atoms with Crippen molar-refractivity contribution in [1.29, 1.82) is 0 Å². The zero-order valence-corrected chi connectivity index (χ0v) is 26.0. The van der Waals surface area contributed by atoms with Gasteiger partial charge >= 0.3 is 0 Å². The van der Waals surface area contributed by atoms with Crippen LogP contribution in [0.4, 0.5) is 5.69 Å². The van der Waals surface area contributed by atoms with Crippen molar-refractivity contribution >= 4 is 39.2 Å². The van der Waals surface area contributed by atoms with Crippen molar-refractivity contribution in [2.24, 2.45) is 5.41 Å². The van der Waals surface area contributed by atoms with E-state index in [2.05, 4.69) is 92.1 Å². The molecule has 1 aromatic heterocycles. The monoisotopic (exact) mass is 646 g/mol. The predicted molar refractivity (Wildman–Crippen MR) is 161 cm³/mol. The van der Waals surface area contributed by atoms with E-state index in [1.807, 2.05) is 47.9 Å². The zero-order chi connectivity index (χ0) is 26.7. The van der Waals surface area contributed by atoms with Gasteiger partial charge in [0.1, 0.15) is 11.2 Å². The van der Waals surface area contributed by atoms with E-state index in [1.54, 1.807) is 11.8 Å². The minimum atomic E-state index is 0. The molecule has 1 aliphatic rings. The van der Waals surface area contributed by atoms with Crippen LogP contribution in [0.2, 0.25) is 0 Å². The second kappa shape index (κ2) is 12.4. The Morgan fingerprint density at radius 2 is 1.67 bits per heavy atom. The fraction of sp³-hybridized carbons (Fsp3) is 0.235. The summed E-state index contributed by atoms with van der Waals surface area (Å²) >= 11 is 1.85. The number of fused-ring (bicyclic) bond motifs is 1. The lowest BCUT2D eigenvalue weighted by Gasteiger charge is -2.30. The van der Waals surface area contributed by atoms with Crippen molar-refractivity contribution in [1.82, 2.24) is 0 Å². The molecule has 0 saturated heterocycles. The lowest BCUT2D eigenvalue weighted by molar-refractivity contribution is -0.665. The van der Waals surface area contributed by atoms with E-state index in [0.717, 1.165) is 25.1 Å².